The van der Waals surface area contributed by atoms with Crippen molar-refractivity contribution < 1.29 is 0 Å². The fourth-order valence-corrected chi connectivity index (χ4v) is 5.43. The molecule has 1 fully saturated rings. The number of nitrogens with zero attached hydrogens (tertiary/aromatic N) is 3. The van der Waals surface area contributed by atoms with E-state index in [9.17, 15) is 0 Å². The minimum Gasteiger partial charge on any atom is -0.347 e. The standard InChI is InChI=1S/C28H27N3/c1-18-8-7-9-19(2)25(18)26-23-12-5-6-13-24(23)28(30-29-26)31-17-16-20-10-3-4-11-22(20)27(31)21-14-15-21/h3-13,21,27H,14-17H2,1-2H3. The maximum absolute atomic E-state index is 4.90. The van der Waals surface area contributed by atoms with Crippen LogP contribution >= 0.6 is 0 Å². The first-order chi connectivity index (χ1) is 15.2. The SMILES string of the molecule is Cc1cccc(C)c1-c1nnc(N2CCc3ccccc3C2C2CC2)c2ccccc12. The Hall–Kier alpha value is -3.20. The molecule has 6 rings (SSSR count). The van der Waals surface area contributed by atoms with E-state index in [2.05, 4.69) is 85.5 Å². The number of anilines is 1. The molecule has 0 radical (unpaired) electrons. The first-order valence-electron chi connectivity index (χ1n) is 11.4. The van der Waals surface area contributed by atoms with Crippen molar-refractivity contribution in [2.75, 3.05) is 11.4 Å². The van der Waals surface area contributed by atoms with Crippen LogP contribution in [0.5, 0.6) is 0 Å². The van der Waals surface area contributed by atoms with Gasteiger partial charge in [-0.25, -0.2) is 0 Å². The molecule has 3 nitrogen and oxygen atoms in total. The second-order valence-corrected chi connectivity index (χ2v) is 9.11. The Labute approximate surface area is 183 Å². The summed E-state index contributed by atoms with van der Waals surface area (Å²) in [4.78, 5) is 2.55. The number of rotatable bonds is 3. The van der Waals surface area contributed by atoms with Crippen LogP contribution in [0.4, 0.5) is 5.82 Å². The smallest absolute Gasteiger partial charge is 0.159 e. The molecule has 3 heteroatoms. The summed E-state index contributed by atoms with van der Waals surface area (Å²) in [5, 5.41) is 12.2. The van der Waals surface area contributed by atoms with Crippen LogP contribution in [-0.4, -0.2) is 16.7 Å². The van der Waals surface area contributed by atoms with Crippen LogP contribution in [0, 0.1) is 19.8 Å². The normalized spacial score (nSPS) is 18.3. The molecule has 154 valence electrons. The minimum absolute atomic E-state index is 0.411. The lowest BCUT2D eigenvalue weighted by atomic mass is 9.89. The number of hydrogen-bond acceptors (Lipinski definition) is 3. The van der Waals surface area contributed by atoms with Gasteiger partial charge in [0.15, 0.2) is 5.82 Å². The van der Waals surface area contributed by atoms with Crippen LogP contribution in [0.15, 0.2) is 66.7 Å². The number of aryl methyl sites for hydroxylation is 2. The van der Waals surface area contributed by atoms with E-state index in [1.54, 1.807) is 0 Å². The van der Waals surface area contributed by atoms with Crippen LogP contribution in [0.1, 0.15) is 41.1 Å². The predicted octanol–water partition coefficient (Wildman–Crippen LogP) is 6.43. The van der Waals surface area contributed by atoms with Gasteiger partial charge >= 0.3 is 0 Å². The molecule has 1 unspecified atom stereocenters. The van der Waals surface area contributed by atoms with E-state index < -0.39 is 0 Å². The molecule has 0 saturated heterocycles. The summed E-state index contributed by atoms with van der Waals surface area (Å²) < 4.78 is 0. The second-order valence-electron chi connectivity index (χ2n) is 9.11. The van der Waals surface area contributed by atoms with E-state index in [0.717, 1.165) is 30.4 Å². The highest BCUT2D eigenvalue weighted by atomic mass is 15.3. The van der Waals surface area contributed by atoms with Gasteiger partial charge in [-0.3, -0.25) is 0 Å². The van der Waals surface area contributed by atoms with Gasteiger partial charge in [0.1, 0.15) is 5.69 Å². The van der Waals surface area contributed by atoms with Crippen LogP contribution in [-0.2, 0) is 6.42 Å². The molecule has 0 N–H and O–H groups in total. The zero-order valence-corrected chi connectivity index (χ0v) is 18.2. The average Bonchev–Trinajstić information content (AvgIpc) is 3.63. The van der Waals surface area contributed by atoms with E-state index in [1.807, 2.05) is 0 Å². The number of fused-ring (bicyclic) bond motifs is 2. The number of benzene rings is 3. The third kappa shape index (κ3) is 3.03. The molecule has 0 bridgehead atoms. The summed E-state index contributed by atoms with van der Waals surface area (Å²) in [7, 11) is 0. The minimum atomic E-state index is 0.411. The quantitative estimate of drug-likeness (QED) is 0.393. The van der Waals surface area contributed by atoms with Crippen molar-refractivity contribution in [3.8, 4) is 11.3 Å². The predicted molar refractivity (Wildman–Crippen MR) is 127 cm³/mol. The van der Waals surface area contributed by atoms with Gasteiger partial charge in [0.25, 0.3) is 0 Å². The van der Waals surface area contributed by atoms with Crippen LogP contribution in [0.25, 0.3) is 22.0 Å². The van der Waals surface area contributed by atoms with Crippen molar-refractivity contribution >= 4 is 16.6 Å². The Morgan fingerprint density at radius 2 is 1.48 bits per heavy atom. The Bertz CT molecular complexity index is 1270. The first-order valence-corrected chi connectivity index (χ1v) is 11.4. The second kappa shape index (κ2) is 7.19. The van der Waals surface area contributed by atoms with Crippen molar-refractivity contribution in [1.82, 2.24) is 10.2 Å². The Morgan fingerprint density at radius 3 is 2.26 bits per heavy atom. The van der Waals surface area contributed by atoms with E-state index in [4.69, 9.17) is 10.2 Å². The monoisotopic (exact) mass is 405 g/mol. The number of hydrogen-bond donors (Lipinski definition) is 0. The molecular weight excluding hydrogens is 378 g/mol. The summed E-state index contributed by atoms with van der Waals surface area (Å²) >= 11 is 0. The van der Waals surface area contributed by atoms with Gasteiger partial charge in [-0.15, -0.1) is 10.2 Å². The molecule has 1 aliphatic heterocycles. The molecule has 0 spiro atoms. The molecule has 4 aromatic rings. The van der Waals surface area contributed by atoms with Crippen LogP contribution in [0.3, 0.4) is 0 Å². The Kier molecular flexibility index (Phi) is 4.31. The lowest BCUT2D eigenvalue weighted by Gasteiger charge is -2.39. The molecule has 2 aliphatic rings. The van der Waals surface area contributed by atoms with E-state index in [-0.39, 0.29) is 0 Å². The van der Waals surface area contributed by atoms with Gasteiger partial charge in [0.2, 0.25) is 0 Å². The molecule has 1 aliphatic carbocycles. The molecule has 1 saturated carbocycles. The Morgan fingerprint density at radius 1 is 0.774 bits per heavy atom. The van der Waals surface area contributed by atoms with Crippen molar-refractivity contribution in [2.24, 2.45) is 5.92 Å². The molecular formula is C28H27N3. The lowest BCUT2D eigenvalue weighted by Crippen LogP contribution is -2.37. The zero-order chi connectivity index (χ0) is 20.9. The van der Waals surface area contributed by atoms with Crippen molar-refractivity contribution in [3.63, 3.8) is 0 Å². The highest BCUT2D eigenvalue weighted by Crippen LogP contribution is 2.49. The molecule has 31 heavy (non-hydrogen) atoms. The first kappa shape index (κ1) is 18.6. The van der Waals surface area contributed by atoms with E-state index >= 15 is 0 Å². The van der Waals surface area contributed by atoms with E-state index in [1.165, 1.54) is 51.4 Å². The van der Waals surface area contributed by atoms with Gasteiger partial charge < -0.3 is 4.90 Å². The third-order valence-electron chi connectivity index (χ3n) is 7.06. The highest BCUT2D eigenvalue weighted by molar-refractivity contribution is 6.01. The lowest BCUT2D eigenvalue weighted by molar-refractivity contribution is 0.522. The van der Waals surface area contributed by atoms with Crippen LogP contribution < -0.4 is 4.90 Å². The largest absolute Gasteiger partial charge is 0.347 e. The van der Waals surface area contributed by atoms with Crippen LogP contribution in [0.2, 0.25) is 0 Å². The van der Waals surface area contributed by atoms with Gasteiger partial charge in [-0.05, 0) is 61.3 Å². The summed E-state index contributed by atoms with van der Waals surface area (Å²) in [6, 6.07) is 24.5. The summed E-state index contributed by atoms with van der Waals surface area (Å²) in [6.45, 7) is 5.33. The van der Waals surface area contributed by atoms with E-state index in [0.29, 0.717) is 6.04 Å². The van der Waals surface area contributed by atoms with Crippen molar-refractivity contribution in [3.05, 3.63) is 89.0 Å². The van der Waals surface area contributed by atoms with Crippen molar-refractivity contribution in [1.29, 1.82) is 0 Å². The van der Waals surface area contributed by atoms with Gasteiger partial charge in [-0.2, -0.15) is 0 Å². The number of aromatic nitrogens is 2. The molecule has 0 amide bonds. The van der Waals surface area contributed by atoms with Gasteiger partial charge in [-0.1, -0.05) is 66.7 Å². The fraction of sp³-hybridized carbons (Fsp3) is 0.286. The summed E-state index contributed by atoms with van der Waals surface area (Å²) in [5.41, 5.74) is 7.68. The Balaban J connectivity index is 1.54. The van der Waals surface area contributed by atoms with Crippen molar-refractivity contribution in [2.45, 2.75) is 39.2 Å². The highest BCUT2D eigenvalue weighted by Gasteiger charge is 2.40. The fourth-order valence-electron chi connectivity index (χ4n) is 5.43. The maximum atomic E-state index is 4.90. The summed E-state index contributed by atoms with van der Waals surface area (Å²) in [5.74, 6) is 1.76. The topological polar surface area (TPSA) is 29.0 Å². The zero-order valence-electron chi connectivity index (χ0n) is 18.2. The molecule has 3 aromatic carbocycles. The molecule has 1 atom stereocenters. The van der Waals surface area contributed by atoms with Gasteiger partial charge in [0, 0.05) is 22.9 Å². The average molecular weight is 406 g/mol. The molecule has 1 aromatic heterocycles. The summed E-state index contributed by atoms with van der Waals surface area (Å²) in [6.07, 6.45) is 3.68. The third-order valence-corrected chi connectivity index (χ3v) is 7.06. The maximum Gasteiger partial charge on any atom is 0.159 e. The molecule has 2 heterocycles. The van der Waals surface area contributed by atoms with Gasteiger partial charge in [0.05, 0.1) is 6.04 Å².